The lowest BCUT2D eigenvalue weighted by Gasteiger charge is -2.19. The zero-order chi connectivity index (χ0) is 12.3. The highest BCUT2D eigenvalue weighted by Gasteiger charge is 2.28. The van der Waals surface area contributed by atoms with Gasteiger partial charge < -0.3 is 10.2 Å². The van der Waals surface area contributed by atoms with E-state index in [0.29, 0.717) is 5.41 Å². The van der Waals surface area contributed by atoms with Gasteiger partial charge in [-0.2, -0.15) is 0 Å². The Morgan fingerprint density at radius 3 is 2.88 bits per heavy atom. The lowest BCUT2D eigenvalue weighted by Crippen LogP contribution is -2.31. The van der Waals surface area contributed by atoms with Gasteiger partial charge in [0.05, 0.1) is 4.34 Å². The minimum atomic E-state index is 0.515. The third-order valence-corrected chi connectivity index (χ3v) is 4.52. The van der Waals surface area contributed by atoms with Crippen molar-refractivity contribution in [3.63, 3.8) is 0 Å². The summed E-state index contributed by atoms with van der Waals surface area (Å²) >= 11 is 7.55. The Kier molecular flexibility index (Phi) is 4.47. The van der Waals surface area contributed by atoms with Crippen molar-refractivity contribution in [2.45, 2.75) is 26.8 Å². The molecule has 2 heterocycles. The second kappa shape index (κ2) is 5.70. The summed E-state index contributed by atoms with van der Waals surface area (Å²) in [5.41, 5.74) is 0.515. The predicted molar refractivity (Wildman–Crippen MR) is 75.9 cm³/mol. The van der Waals surface area contributed by atoms with Crippen molar-refractivity contribution in [1.82, 2.24) is 10.2 Å². The van der Waals surface area contributed by atoms with Crippen LogP contribution in [0.3, 0.4) is 0 Å². The van der Waals surface area contributed by atoms with Gasteiger partial charge in [0, 0.05) is 31.1 Å². The van der Waals surface area contributed by atoms with Gasteiger partial charge >= 0.3 is 0 Å². The topological polar surface area (TPSA) is 15.3 Å². The van der Waals surface area contributed by atoms with Gasteiger partial charge in [0.1, 0.15) is 0 Å². The van der Waals surface area contributed by atoms with E-state index in [2.05, 4.69) is 30.1 Å². The van der Waals surface area contributed by atoms with Gasteiger partial charge in [-0.3, -0.25) is 0 Å². The lowest BCUT2D eigenvalue weighted by molar-refractivity contribution is 0.290. The molecule has 1 aromatic heterocycles. The quantitative estimate of drug-likeness (QED) is 0.828. The summed E-state index contributed by atoms with van der Waals surface area (Å²) in [6, 6.07) is 4.06. The molecule has 0 atom stereocenters. The first-order valence-corrected chi connectivity index (χ1v) is 7.42. The van der Waals surface area contributed by atoms with Crippen molar-refractivity contribution < 1.29 is 0 Å². The first kappa shape index (κ1) is 13.3. The maximum absolute atomic E-state index is 5.89. The monoisotopic (exact) mass is 272 g/mol. The number of halogens is 1. The molecule has 1 fully saturated rings. The minimum absolute atomic E-state index is 0.515. The van der Waals surface area contributed by atoms with Crippen molar-refractivity contribution in [3.05, 3.63) is 21.3 Å². The van der Waals surface area contributed by atoms with E-state index in [1.54, 1.807) is 11.3 Å². The summed E-state index contributed by atoms with van der Waals surface area (Å²) in [4.78, 5) is 3.87. The van der Waals surface area contributed by atoms with E-state index < -0.39 is 0 Å². The number of nitrogens with zero attached hydrogens (tertiary/aromatic N) is 1. The van der Waals surface area contributed by atoms with Crippen LogP contribution in [0.5, 0.6) is 0 Å². The molecule has 1 aliphatic rings. The van der Waals surface area contributed by atoms with Gasteiger partial charge in [0.2, 0.25) is 0 Å². The summed E-state index contributed by atoms with van der Waals surface area (Å²) in [5, 5.41) is 3.48. The fraction of sp³-hybridized carbons (Fsp3) is 0.692. The van der Waals surface area contributed by atoms with Crippen LogP contribution in [-0.4, -0.2) is 31.1 Å². The molecule has 2 rings (SSSR count). The molecule has 0 unspecified atom stereocenters. The van der Waals surface area contributed by atoms with E-state index in [9.17, 15) is 0 Å². The van der Waals surface area contributed by atoms with Gasteiger partial charge in [0.25, 0.3) is 0 Å². The first-order chi connectivity index (χ1) is 8.05. The maximum Gasteiger partial charge on any atom is 0.0931 e. The molecule has 1 aromatic rings. The van der Waals surface area contributed by atoms with Crippen molar-refractivity contribution >= 4 is 22.9 Å². The molecule has 0 amide bonds. The number of hydrogen-bond donors (Lipinski definition) is 1. The van der Waals surface area contributed by atoms with Crippen LogP contribution in [0, 0.1) is 5.41 Å². The number of thiophene rings is 1. The molecule has 0 aliphatic carbocycles. The van der Waals surface area contributed by atoms with E-state index in [0.717, 1.165) is 24.0 Å². The molecule has 4 heteroatoms. The standard InChI is InChI=1S/C13H21ClN2S/c1-13(2)5-7-16(10-13)8-6-15-9-11-3-4-12(14)17-11/h3-4,15H,5-10H2,1-2H3. The molecule has 0 spiro atoms. The average Bonchev–Trinajstić information content (AvgIpc) is 2.80. The van der Waals surface area contributed by atoms with Crippen LogP contribution in [0.1, 0.15) is 25.1 Å². The molecule has 0 radical (unpaired) electrons. The van der Waals surface area contributed by atoms with Gasteiger partial charge in [-0.15, -0.1) is 11.3 Å². The Balaban J connectivity index is 1.61. The van der Waals surface area contributed by atoms with E-state index in [1.807, 2.05) is 6.07 Å². The third-order valence-electron chi connectivity index (χ3n) is 3.29. The van der Waals surface area contributed by atoms with Crippen molar-refractivity contribution in [3.8, 4) is 0 Å². The highest BCUT2D eigenvalue weighted by Crippen LogP contribution is 2.28. The van der Waals surface area contributed by atoms with Crippen LogP contribution < -0.4 is 5.32 Å². The largest absolute Gasteiger partial charge is 0.311 e. The van der Waals surface area contributed by atoms with Gasteiger partial charge in [-0.1, -0.05) is 25.4 Å². The van der Waals surface area contributed by atoms with Gasteiger partial charge in [-0.05, 0) is 30.5 Å². The Morgan fingerprint density at radius 1 is 1.47 bits per heavy atom. The molecule has 96 valence electrons. The van der Waals surface area contributed by atoms with Crippen LogP contribution in [0.4, 0.5) is 0 Å². The fourth-order valence-corrected chi connectivity index (χ4v) is 3.37. The maximum atomic E-state index is 5.89. The first-order valence-electron chi connectivity index (χ1n) is 6.22. The van der Waals surface area contributed by atoms with Crippen molar-refractivity contribution in [2.24, 2.45) is 5.41 Å². The Hall–Kier alpha value is -0.0900. The molecule has 1 aliphatic heterocycles. The second-order valence-electron chi connectivity index (χ2n) is 5.57. The lowest BCUT2D eigenvalue weighted by atomic mass is 9.93. The molecule has 2 nitrogen and oxygen atoms in total. The SMILES string of the molecule is CC1(C)CCN(CCNCc2ccc(Cl)s2)C1. The summed E-state index contributed by atoms with van der Waals surface area (Å²) in [6.45, 7) is 10.4. The van der Waals surface area contributed by atoms with Crippen molar-refractivity contribution in [2.75, 3.05) is 26.2 Å². The number of rotatable bonds is 5. The molecule has 1 N–H and O–H groups in total. The number of likely N-dealkylation sites (tertiary alicyclic amines) is 1. The summed E-state index contributed by atoms with van der Waals surface area (Å²) < 4.78 is 0.878. The third kappa shape index (κ3) is 4.25. The normalized spacial score (nSPS) is 19.9. The zero-order valence-electron chi connectivity index (χ0n) is 10.6. The summed E-state index contributed by atoms with van der Waals surface area (Å²) in [7, 11) is 0. The Bertz CT molecular complexity index is 362. The highest BCUT2D eigenvalue weighted by atomic mass is 35.5. The number of hydrogen-bond acceptors (Lipinski definition) is 3. The molecular formula is C13H21ClN2S. The molecule has 0 saturated carbocycles. The Labute approximate surface area is 113 Å². The zero-order valence-corrected chi connectivity index (χ0v) is 12.2. The molecular weight excluding hydrogens is 252 g/mol. The van der Waals surface area contributed by atoms with E-state index in [4.69, 9.17) is 11.6 Å². The Morgan fingerprint density at radius 2 is 2.29 bits per heavy atom. The van der Waals surface area contributed by atoms with Crippen molar-refractivity contribution in [1.29, 1.82) is 0 Å². The summed E-state index contributed by atoms with van der Waals surface area (Å²) in [5.74, 6) is 0. The van der Waals surface area contributed by atoms with Crippen LogP contribution in [-0.2, 0) is 6.54 Å². The number of nitrogens with one attached hydrogen (secondary N) is 1. The predicted octanol–water partition coefficient (Wildman–Crippen LogP) is 3.22. The molecule has 0 aromatic carbocycles. The van der Waals surface area contributed by atoms with Crippen LogP contribution >= 0.6 is 22.9 Å². The molecule has 0 bridgehead atoms. The van der Waals surface area contributed by atoms with Crippen LogP contribution in [0.15, 0.2) is 12.1 Å². The summed E-state index contributed by atoms with van der Waals surface area (Å²) in [6.07, 6.45) is 1.33. The smallest absolute Gasteiger partial charge is 0.0931 e. The van der Waals surface area contributed by atoms with E-state index in [-0.39, 0.29) is 0 Å². The van der Waals surface area contributed by atoms with Gasteiger partial charge in [-0.25, -0.2) is 0 Å². The second-order valence-corrected chi connectivity index (χ2v) is 7.37. The molecule has 17 heavy (non-hydrogen) atoms. The average molecular weight is 273 g/mol. The van der Waals surface area contributed by atoms with E-state index >= 15 is 0 Å². The van der Waals surface area contributed by atoms with Gasteiger partial charge in [0.15, 0.2) is 0 Å². The molecule has 1 saturated heterocycles. The van der Waals surface area contributed by atoms with Crippen LogP contribution in [0.25, 0.3) is 0 Å². The minimum Gasteiger partial charge on any atom is -0.311 e. The van der Waals surface area contributed by atoms with Crippen LogP contribution in [0.2, 0.25) is 4.34 Å². The highest BCUT2D eigenvalue weighted by molar-refractivity contribution is 7.16. The fourth-order valence-electron chi connectivity index (χ4n) is 2.31. The van der Waals surface area contributed by atoms with E-state index in [1.165, 1.54) is 24.4 Å².